The van der Waals surface area contributed by atoms with Crippen molar-refractivity contribution >= 4 is 0 Å². The third-order valence-corrected chi connectivity index (χ3v) is 2.52. The molecule has 1 aromatic rings. The maximum atomic E-state index is 5.37. The van der Waals surface area contributed by atoms with Gasteiger partial charge in [-0.2, -0.15) is 0 Å². The standard InChI is InChI=1S/C13H22N2O2/c1-10(14-15(2)3)9-11-12(16-4)7-6-8-13(11)17-5/h6-8,10,14H,9H2,1-5H3/t10-/m0/s1. The molecule has 0 unspecified atom stereocenters. The van der Waals surface area contributed by atoms with Crippen molar-refractivity contribution in [2.24, 2.45) is 0 Å². The summed E-state index contributed by atoms with van der Waals surface area (Å²) >= 11 is 0. The molecule has 96 valence electrons. The lowest BCUT2D eigenvalue weighted by Crippen LogP contribution is -2.39. The number of hydrogen-bond donors (Lipinski definition) is 1. The van der Waals surface area contributed by atoms with Gasteiger partial charge in [-0.3, -0.25) is 10.4 Å². The van der Waals surface area contributed by atoms with E-state index in [4.69, 9.17) is 9.47 Å². The fraction of sp³-hybridized carbons (Fsp3) is 0.538. The Morgan fingerprint density at radius 1 is 1.18 bits per heavy atom. The summed E-state index contributed by atoms with van der Waals surface area (Å²) in [5.74, 6) is 1.74. The van der Waals surface area contributed by atoms with Gasteiger partial charge in [0.25, 0.3) is 0 Å². The highest BCUT2D eigenvalue weighted by molar-refractivity contribution is 5.45. The Balaban J connectivity index is 2.87. The Bertz CT molecular complexity index is 331. The molecule has 1 atom stereocenters. The highest BCUT2D eigenvalue weighted by Crippen LogP contribution is 2.29. The fourth-order valence-corrected chi connectivity index (χ4v) is 1.92. The molecule has 0 aliphatic heterocycles. The van der Waals surface area contributed by atoms with Crippen LogP contribution >= 0.6 is 0 Å². The van der Waals surface area contributed by atoms with Gasteiger partial charge in [0.2, 0.25) is 0 Å². The van der Waals surface area contributed by atoms with Crippen molar-refractivity contribution in [3.8, 4) is 11.5 Å². The van der Waals surface area contributed by atoms with Gasteiger partial charge in [-0.05, 0) is 25.5 Å². The van der Waals surface area contributed by atoms with Gasteiger partial charge in [0.15, 0.2) is 0 Å². The molecular weight excluding hydrogens is 216 g/mol. The summed E-state index contributed by atoms with van der Waals surface area (Å²) < 4.78 is 10.7. The first-order valence-corrected chi connectivity index (χ1v) is 5.71. The SMILES string of the molecule is COc1cccc(OC)c1C[C@H](C)NN(C)C. The monoisotopic (exact) mass is 238 g/mol. The van der Waals surface area contributed by atoms with Gasteiger partial charge in [-0.25, -0.2) is 0 Å². The molecule has 0 aliphatic rings. The summed E-state index contributed by atoms with van der Waals surface area (Å²) in [5.41, 5.74) is 4.41. The van der Waals surface area contributed by atoms with E-state index >= 15 is 0 Å². The molecule has 0 saturated heterocycles. The number of hydrogen-bond acceptors (Lipinski definition) is 4. The molecule has 17 heavy (non-hydrogen) atoms. The normalized spacial score (nSPS) is 12.6. The zero-order valence-corrected chi connectivity index (χ0v) is 11.3. The molecule has 0 spiro atoms. The van der Waals surface area contributed by atoms with Crippen LogP contribution in [0.3, 0.4) is 0 Å². The summed E-state index contributed by atoms with van der Waals surface area (Å²) in [5, 5.41) is 1.95. The summed E-state index contributed by atoms with van der Waals surface area (Å²) in [6.45, 7) is 2.13. The second-order valence-electron chi connectivity index (χ2n) is 4.27. The summed E-state index contributed by atoms with van der Waals surface area (Å²) in [7, 11) is 7.33. The van der Waals surface area contributed by atoms with E-state index in [0.29, 0.717) is 6.04 Å². The predicted octanol–water partition coefficient (Wildman–Crippen LogP) is 1.70. The Kier molecular flexibility index (Phi) is 5.25. The van der Waals surface area contributed by atoms with Gasteiger partial charge < -0.3 is 9.47 Å². The average molecular weight is 238 g/mol. The molecule has 0 fully saturated rings. The minimum Gasteiger partial charge on any atom is -0.496 e. The Morgan fingerprint density at radius 3 is 2.12 bits per heavy atom. The number of rotatable bonds is 6. The van der Waals surface area contributed by atoms with Gasteiger partial charge in [0, 0.05) is 25.7 Å². The molecule has 4 nitrogen and oxygen atoms in total. The lowest BCUT2D eigenvalue weighted by molar-refractivity contribution is 0.247. The van der Waals surface area contributed by atoms with E-state index in [1.165, 1.54) is 0 Å². The van der Waals surface area contributed by atoms with Gasteiger partial charge >= 0.3 is 0 Å². The number of hydrazine groups is 1. The number of benzene rings is 1. The van der Waals surface area contributed by atoms with Crippen LogP contribution < -0.4 is 14.9 Å². The lowest BCUT2D eigenvalue weighted by atomic mass is 10.1. The largest absolute Gasteiger partial charge is 0.496 e. The molecule has 0 saturated carbocycles. The molecular formula is C13H22N2O2. The number of methoxy groups -OCH3 is 2. The molecule has 1 N–H and O–H groups in total. The maximum absolute atomic E-state index is 5.37. The first-order chi connectivity index (χ1) is 8.08. The van der Waals surface area contributed by atoms with Crippen LogP contribution in [0, 0.1) is 0 Å². The lowest BCUT2D eigenvalue weighted by Gasteiger charge is -2.21. The molecule has 0 aliphatic carbocycles. The quantitative estimate of drug-likeness (QED) is 0.765. The minimum absolute atomic E-state index is 0.315. The van der Waals surface area contributed by atoms with Crippen molar-refractivity contribution in [2.75, 3.05) is 28.3 Å². The summed E-state index contributed by atoms with van der Waals surface area (Å²) in [6.07, 6.45) is 0.853. The first kappa shape index (κ1) is 13.8. The highest BCUT2D eigenvalue weighted by atomic mass is 16.5. The van der Waals surface area contributed by atoms with Crippen molar-refractivity contribution in [3.63, 3.8) is 0 Å². The first-order valence-electron chi connectivity index (χ1n) is 5.71. The molecule has 1 aromatic carbocycles. The number of ether oxygens (including phenoxy) is 2. The number of nitrogens with zero attached hydrogens (tertiary/aromatic N) is 1. The average Bonchev–Trinajstić information content (AvgIpc) is 2.28. The van der Waals surface area contributed by atoms with E-state index in [1.54, 1.807) is 14.2 Å². The Morgan fingerprint density at radius 2 is 1.71 bits per heavy atom. The van der Waals surface area contributed by atoms with Crippen LogP contribution in [0.5, 0.6) is 11.5 Å². The van der Waals surface area contributed by atoms with Crippen molar-refractivity contribution in [3.05, 3.63) is 23.8 Å². The van der Waals surface area contributed by atoms with Gasteiger partial charge in [0.1, 0.15) is 11.5 Å². The van der Waals surface area contributed by atoms with E-state index in [0.717, 1.165) is 23.5 Å². The fourth-order valence-electron chi connectivity index (χ4n) is 1.92. The highest BCUT2D eigenvalue weighted by Gasteiger charge is 2.13. The summed E-state index contributed by atoms with van der Waals surface area (Å²) in [4.78, 5) is 0. The smallest absolute Gasteiger partial charge is 0.125 e. The van der Waals surface area contributed by atoms with Crippen molar-refractivity contribution in [1.29, 1.82) is 0 Å². The van der Waals surface area contributed by atoms with Gasteiger partial charge in [-0.15, -0.1) is 0 Å². The van der Waals surface area contributed by atoms with Crippen LogP contribution in [0.1, 0.15) is 12.5 Å². The molecule has 0 heterocycles. The topological polar surface area (TPSA) is 33.7 Å². The van der Waals surface area contributed by atoms with E-state index in [9.17, 15) is 0 Å². The molecule has 4 heteroatoms. The van der Waals surface area contributed by atoms with E-state index in [1.807, 2.05) is 37.3 Å². The minimum atomic E-state index is 0.315. The van der Waals surface area contributed by atoms with Crippen LogP contribution in [0.4, 0.5) is 0 Å². The third kappa shape index (κ3) is 3.91. The van der Waals surface area contributed by atoms with Crippen molar-refractivity contribution in [2.45, 2.75) is 19.4 Å². The molecule has 0 amide bonds. The third-order valence-electron chi connectivity index (χ3n) is 2.52. The second-order valence-corrected chi connectivity index (χ2v) is 4.27. The van der Waals surface area contributed by atoms with Crippen LogP contribution in [0.25, 0.3) is 0 Å². The zero-order valence-electron chi connectivity index (χ0n) is 11.3. The van der Waals surface area contributed by atoms with E-state index in [-0.39, 0.29) is 0 Å². The van der Waals surface area contributed by atoms with Crippen LogP contribution in [-0.4, -0.2) is 39.4 Å². The van der Waals surface area contributed by atoms with E-state index < -0.39 is 0 Å². The van der Waals surface area contributed by atoms with Gasteiger partial charge in [0.05, 0.1) is 14.2 Å². The number of nitrogens with one attached hydrogen (secondary N) is 1. The molecule has 1 rings (SSSR count). The van der Waals surface area contributed by atoms with Crippen LogP contribution in [0.15, 0.2) is 18.2 Å². The second kappa shape index (κ2) is 6.47. The Hall–Kier alpha value is -1.26. The van der Waals surface area contributed by atoms with Crippen molar-refractivity contribution in [1.82, 2.24) is 10.4 Å². The molecule has 0 radical (unpaired) electrons. The van der Waals surface area contributed by atoms with Gasteiger partial charge in [-0.1, -0.05) is 6.07 Å². The van der Waals surface area contributed by atoms with Crippen LogP contribution in [-0.2, 0) is 6.42 Å². The summed E-state index contributed by atoms with van der Waals surface area (Å²) in [6, 6.07) is 6.17. The van der Waals surface area contributed by atoms with E-state index in [2.05, 4.69) is 12.3 Å². The van der Waals surface area contributed by atoms with Crippen molar-refractivity contribution < 1.29 is 9.47 Å². The molecule has 0 aromatic heterocycles. The maximum Gasteiger partial charge on any atom is 0.125 e. The Labute approximate surface area is 103 Å². The predicted molar refractivity (Wildman–Crippen MR) is 69.5 cm³/mol. The van der Waals surface area contributed by atoms with Crippen LogP contribution in [0.2, 0.25) is 0 Å². The zero-order chi connectivity index (χ0) is 12.8. The molecule has 0 bridgehead atoms.